The van der Waals surface area contributed by atoms with E-state index < -0.39 is 10.0 Å². The first-order valence-electron chi connectivity index (χ1n) is 5.89. The molecule has 1 heterocycles. The van der Waals surface area contributed by atoms with Crippen LogP contribution in [0.15, 0.2) is 47.5 Å². The fourth-order valence-corrected chi connectivity index (χ4v) is 2.75. The van der Waals surface area contributed by atoms with Crippen molar-refractivity contribution < 1.29 is 13.2 Å². The van der Waals surface area contributed by atoms with E-state index in [0.717, 1.165) is 0 Å². The van der Waals surface area contributed by atoms with Crippen molar-refractivity contribution >= 4 is 33.3 Å². The number of rotatable bonds is 4. The third-order valence-corrected chi connectivity index (χ3v) is 4.22. The Bertz CT molecular complexity index is 760. The first kappa shape index (κ1) is 15.3. The molecule has 6 nitrogen and oxygen atoms in total. The second-order valence-electron chi connectivity index (χ2n) is 4.07. The van der Waals surface area contributed by atoms with Crippen LogP contribution in [0.2, 0.25) is 5.02 Å². The number of carbonyl (C=O) groups is 1. The van der Waals surface area contributed by atoms with Gasteiger partial charge in [0.15, 0.2) is 0 Å². The van der Waals surface area contributed by atoms with Gasteiger partial charge in [0.05, 0.1) is 4.90 Å². The van der Waals surface area contributed by atoms with E-state index in [2.05, 4.69) is 15.0 Å². The minimum absolute atomic E-state index is 0.0249. The number of benzene rings is 1. The highest BCUT2D eigenvalue weighted by molar-refractivity contribution is 7.92. The molecule has 1 aromatic heterocycles. The Kier molecular flexibility index (Phi) is 4.44. The third-order valence-electron chi connectivity index (χ3n) is 2.61. The Hall–Kier alpha value is -2.12. The van der Waals surface area contributed by atoms with Crippen LogP contribution in [-0.2, 0) is 10.0 Å². The molecule has 2 aromatic rings. The number of nitrogens with one attached hydrogen (secondary N) is 2. The van der Waals surface area contributed by atoms with Gasteiger partial charge >= 0.3 is 0 Å². The Morgan fingerprint density at radius 3 is 2.43 bits per heavy atom. The number of hydrogen-bond donors (Lipinski definition) is 2. The van der Waals surface area contributed by atoms with Crippen molar-refractivity contribution in [2.24, 2.45) is 0 Å². The van der Waals surface area contributed by atoms with Crippen LogP contribution >= 0.6 is 11.6 Å². The zero-order valence-corrected chi connectivity index (χ0v) is 12.6. The number of carbonyl (C=O) groups excluding carboxylic acids is 1. The van der Waals surface area contributed by atoms with Crippen molar-refractivity contribution in [2.75, 3.05) is 11.8 Å². The Labute approximate surface area is 127 Å². The lowest BCUT2D eigenvalue weighted by atomic mass is 10.2. The summed E-state index contributed by atoms with van der Waals surface area (Å²) in [6.07, 6.45) is 1.40. The molecule has 8 heteroatoms. The SMILES string of the molecule is CNC(=O)c1ccc(S(=O)(=O)Nc2cc(Cl)ccn2)cc1. The summed E-state index contributed by atoms with van der Waals surface area (Å²) in [6.45, 7) is 0. The van der Waals surface area contributed by atoms with E-state index in [-0.39, 0.29) is 16.6 Å². The number of halogens is 1. The van der Waals surface area contributed by atoms with Crippen LogP contribution in [0, 0.1) is 0 Å². The molecule has 110 valence electrons. The molecule has 21 heavy (non-hydrogen) atoms. The fraction of sp³-hybridized carbons (Fsp3) is 0.0769. The van der Waals surface area contributed by atoms with E-state index in [1.165, 1.54) is 49.6 Å². The van der Waals surface area contributed by atoms with Crippen molar-refractivity contribution in [3.05, 3.63) is 53.2 Å². The number of amides is 1. The fourth-order valence-electron chi connectivity index (χ4n) is 1.59. The van der Waals surface area contributed by atoms with Crippen molar-refractivity contribution in [3.8, 4) is 0 Å². The van der Waals surface area contributed by atoms with E-state index in [1.807, 2.05) is 0 Å². The van der Waals surface area contributed by atoms with Crippen LogP contribution in [0.4, 0.5) is 5.82 Å². The van der Waals surface area contributed by atoms with Crippen LogP contribution < -0.4 is 10.0 Å². The van der Waals surface area contributed by atoms with Crippen LogP contribution in [0.5, 0.6) is 0 Å². The van der Waals surface area contributed by atoms with E-state index in [0.29, 0.717) is 10.6 Å². The Morgan fingerprint density at radius 2 is 1.86 bits per heavy atom. The van der Waals surface area contributed by atoms with E-state index in [4.69, 9.17) is 11.6 Å². The van der Waals surface area contributed by atoms with Gasteiger partial charge in [0.25, 0.3) is 15.9 Å². The minimum atomic E-state index is -3.78. The van der Waals surface area contributed by atoms with Gasteiger partial charge in [-0.15, -0.1) is 0 Å². The molecule has 0 fully saturated rings. The molecule has 2 rings (SSSR count). The number of hydrogen-bond acceptors (Lipinski definition) is 4. The van der Waals surface area contributed by atoms with Gasteiger partial charge in [-0.05, 0) is 30.3 Å². The summed E-state index contributed by atoms with van der Waals surface area (Å²) in [7, 11) is -2.28. The minimum Gasteiger partial charge on any atom is -0.355 e. The summed E-state index contributed by atoms with van der Waals surface area (Å²) >= 11 is 5.77. The first-order chi connectivity index (χ1) is 9.92. The van der Waals surface area contributed by atoms with Gasteiger partial charge in [0.2, 0.25) is 0 Å². The summed E-state index contributed by atoms with van der Waals surface area (Å²) in [5, 5.41) is 2.83. The quantitative estimate of drug-likeness (QED) is 0.898. The maximum Gasteiger partial charge on any atom is 0.263 e. The van der Waals surface area contributed by atoms with Gasteiger partial charge < -0.3 is 5.32 Å². The summed E-state index contributed by atoms with van der Waals surface area (Å²) in [6, 6.07) is 8.49. The summed E-state index contributed by atoms with van der Waals surface area (Å²) in [5.41, 5.74) is 0.373. The van der Waals surface area contributed by atoms with Gasteiger partial charge in [0, 0.05) is 29.9 Å². The normalized spacial score (nSPS) is 11.0. The lowest BCUT2D eigenvalue weighted by Gasteiger charge is -2.08. The van der Waals surface area contributed by atoms with E-state index >= 15 is 0 Å². The van der Waals surface area contributed by atoms with Crippen molar-refractivity contribution in [1.29, 1.82) is 0 Å². The predicted molar refractivity (Wildman–Crippen MR) is 79.9 cm³/mol. The van der Waals surface area contributed by atoms with Gasteiger partial charge in [-0.1, -0.05) is 11.6 Å². The first-order valence-corrected chi connectivity index (χ1v) is 7.75. The number of pyridine rings is 1. The Balaban J connectivity index is 2.25. The summed E-state index contributed by atoms with van der Waals surface area (Å²) in [4.78, 5) is 15.3. The van der Waals surface area contributed by atoms with E-state index in [1.54, 1.807) is 0 Å². The standard InChI is InChI=1S/C13H12ClN3O3S/c1-15-13(18)9-2-4-11(5-3-9)21(19,20)17-12-8-10(14)6-7-16-12/h2-8H,1H3,(H,15,18)(H,16,17). The second kappa shape index (κ2) is 6.11. The lowest BCUT2D eigenvalue weighted by molar-refractivity contribution is 0.0963. The van der Waals surface area contributed by atoms with Gasteiger partial charge in [0.1, 0.15) is 5.82 Å². The molecule has 0 radical (unpaired) electrons. The number of nitrogens with zero attached hydrogens (tertiary/aromatic N) is 1. The molecule has 0 bridgehead atoms. The van der Waals surface area contributed by atoms with E-state index in [9.17, 15) is 13.2 Å². The molecule has 0 aliphatic rings. The maximum atomic E-state index is 12.2. The van der Waals surface area contributed by atoms with Crippen molar-refractivity contribution in [3.63, 3.8) is 0 Å². The third kappa shape index (κ3) is 3.71. The molecule has 0 aliphatic heterocycles. The van der Waals surface area contributed by atoms with Gasteiger partial charge in [-0.2, -0.15) is 0 Å². The molecule has 0 aliphatic carbocycles. The van der Waals surface area contributed by atoms with Crippen molar-refractivity contribution in [2.45, 2.75) is 4.90 Å². The molecule has 2 N–H and O–H groups in total. The largest absolute Gasteiger partial charge is 0.355 e. The molecule has 0 spiro atoms. The number of aromatic nitrogens is 1. The highest BCUT2D eigenvalue weighted by Gasteiger charge is 2.15. The molecule has 0 saturated carbocycles. The van der Waals surface area contributed by atoms with Gasteiger partial charge in [-0.25, -0.2) is 13.4 Å². The molecular formula is C13H12ClN3O3S. The van der Waals surface area contributed by atoms with Crippen LogP contribution in [0.25, 0.3) is 0 Å². The van der Waals surface area contributed by atoms with Crippen LogP contribution in [0.3, 0.4) is 0 Å². The smallest absolute Gasteiger partial charge is 0.263 e. The van der Waals surface area contributed by atoms with Crippen molar-refractivity contribution in [1.82, 2.24) is 10.3 Å². The van der Waals surface area contributed by atoms with Crippen LogP contribution in [-0.4, -0.2) is 26.4 Å². The summed E-state index contributed by atoms with van der Waals surface area (Å²) in [5.74, 6) is -0.165. The molecule has 0 unspecified atom stereocenters. The lowest BCUT2D eigenvalue weighted by Crippen LogP contribution is -2.18. The number of sulfonamides is 1. The second-order valence-corrected chi connectivity index (χ2v) is 6.19. The monoisotopic (exact) mass is 325 g/mol. The number of anilines is 1. The predicted octanol–water partition coefficient (Wildman–Crippen LogP) is 1.90. The molecule has 0 saturated heterocycles. The zero-order chi connectivity index (χ0) is 15.5. The highest BCUT2D eigenvalue weighted by Crippen LogP contribution is 2.17. The van der Waals surface area contributed by atoms with Gasteiger partial charge in [-0.3, -0.25) is 9.52 Å². The average molecular weight is 326 g/mol. The highest BCUT2D eigenvalue weighted by atomic mass is 35.5. The average Bonchev–Trinajstić information content (AvgIpc) is 2.46. The zero-order valence-electron chi connectivity index (χ0n) is 11.0. The molecule has 0 atom stereocenters. The van der Waals surface area contributed by atoms with Crippen LogP contribution in [0.1, 0.15) is 10.4 Å². The molecule has 1 amide bonds. The molecule has 1 aromatic carbocycles. The Morgan fingerprint density at radius 1 is 1.19 bits per heavy atom. The topological polar surface area (TPSA) is 88.2 Å². The molecular weight excluding hydrogens is 314 g/mol. The maximum absolute atomic E-state index is 12.2. The summed E-state index contributed by atoms with van der Waals surface area (Å²) < 4.78 is 26.7.